The van der Waals surface area contributed by atoms with Crippen LogP contribution in [0.4, 0.5) is 4.39 Å². The molecular weight excluding hydrogens is 505 g/mol. The molecule has 8 atom stereocenters. The zero-order valence-electron chi connectivity index (χ0n) is 23.6. The van der Waals surface area contributed by atoms with Crippen molar-refractivity contribution in [3.63, 3.8) is 0 Å². The number of aliphatic hydroxyl groups is 2. The molecule has 216 valence electrons. The minimum absolute atomic E-state index is 0.110. The predicted octanol–water partition coefficient (Wildman–Crippen LogP) is 4.17. The van der Waals surface area contributed by atoms with E-state index in [1.54, 1.807) is 38.2 Å². The maximum Gasteiger partial charge on any atom is 0.309 e. The Morgan fingerprint density at radius 2 is 1.95 bits per heavy atom. The van der Waals surface area contributed by atoms with Gasteiger partial charge in [0.15, 0.2) is 6.10 Å². The Kier molecular flexibility index (Phi) is 8.67. The molecule has 0 radical (unpaired) electrons. The molecule has 1 aromatic rings. The number of nitrogens with zero attached hydrogens (tertiary/aromatic N) is 1. The SMILES string of the molecule is CCC12C[C@@H](C(F)=Cc3ccccn3)OC(=O)C[C@H](O)C(C)(C)C(=O)[C@@H](C3CO3)[C@H](O)[C@@H](C)CCCC1(C)O2. The molecular formula is C30H42FNO7. The molecule has 3 aliphatic rings. The second-order valence-corrected chi connectivity index (χ2v) is 12.2. The van der Waals surface area contributed by atoms with E-state index >= 15 is 4.39 Å². The standard InChI is InChI=1S/C30H42FNO7/c1-6-30-16-21(20(31)14-19-11-7-8-13-32-19)38-24(34)15-23(33)28(3,4)27(36)25(22-17-37-22)26(35)18(2)10-9-12-29(30,5)39-30/h7-8,11,13-14,18,21-23,25-26,33,35H,6,9-10,12,15-17H2,1-5H3/t18-,21-,22?,23-,25-,26+,29?,30?/m0/s1. The number of halogens is 1. The molecule has 3 aliphatic heterocycles. The normalized spacial score (nSPS) is 39.9. The third-order valence-electron chi connectivity index (χ3n) is 9.14. The minimum atomic E-state index is -1.40. The molecule has 39 heavy (non-hydrogen) atoms. The number of carbonyl (C=O) groups is 2. The van der Waals surface area contributed by atoms with Crippen LogP contribution < -0.4 is 0 Å². The molecule has 0 aliphatic carbocycles. The van der Waals surface area contributed by atoms with Crippen LogP contribution in [0.15, 0.2) is 30.2 Å². The molecule has 3 saturated heterocycles. The number of hydrogen-bond donors (Lipinski definition) is 2. The average Bonchev–Trinajstić information content (AvgIpc) is 3.81. The molecule has 0 bridgehead atoms. The highest BCUT2D eigenvalue weighted by molar-refractivity contribution is 5.89. The molecule has 1 aromatic heterocycles. The van der Waals surface area contributed by atoms with E-state index in [2.05, 4.69) is 4.98 Å². The number of ketones is 1. The number of aromatic nitrogens is 1. The molecule has 2 N–H and O–H groups in total. The highest BCUT2D eigenvalue weighted by Crippen LogP contribution is 2.57. The summed E-state index contributed by atoms with van der Waals surface area (Å²) in [5.41, 5.74) is -2.22. The van der Waals surface area contributed by atoms with Gasteiger partial charge in [-0.05, 0) is 50.3 Å². The summed E-state index contributed by atoms with van der Waals surface area (Å²) in [5.74, 6) is -2.87. The maximum atomic E-state index is 15.6. The first kappa shape index (κ1) is 29.8. The first-order valence-corrected chi connectivity index (χ1v) is 14.0. The van der Waals surface area contributed by atoms with Crippen LogP contribution in [0.1, 0.15) is 78.8 Å². The summed E-state index contributed by atoms with van der Waals surface area (Å²) in [7, 11) is 0. The molecule has 9 heteroatoms. The number of aliphatic hydroxyl groups excluding tert-OH is 2. The van der Waals surface area contributed by atoms with Crippen LogP contribution in [0.25, 0.3) is 6.08 Å². The minimum Gasteiger partial charge on any atom is -0.455 e. The van der Waals surface area contributed by atoms with Gasteiger partial charge >= 0.3 is 5.97 Å². The summed E-state index contributed by atoms with van der Waals surface area (Å²) in [6.45, 7) is 9.33. The van der Waals surface area contributed by atoms with Crippen molar-refractivity contribution in [2.75, 3.05) is 6.61 Å². The number of esters is 1. The van der Waals surface area contributed by atoms with Crippen molar-refractivity contribution in [3.05, 3.63) is 35.9 Å². The van der Waals surface area contributed by atoms with Gasteiger partial charge in [-0.2, -0.15) is 0 Å². The lowest BCUT2D eigenvalue weighted by Gasteiger charge is -2.35. The quantitative estimate of drug-likeness (QED) is 0.426. The van der Waals surface area contributed by atoms with E-state index in [1.807, 2.05) is 20.8 Å². The zero-order chi connectivity index (χ0) is 28.6. The smallest absolute Gasteiger partial charge is 0.309 e. The van der Waals surface area contributed by atoms with Gasteiger partial charge in [0.05, 0.1) is 54.0 Å². The average molecular weight is 548 g/mol. The first-order valence-electron chi connectivity index (χ1n) is 14.0. The number of Topliss-reactive ketones (excluding diaryl/α,β-unsaturated/α-hetero) is 1. The van der Waals surface area contributed by atoms with E-state index in [0.29, 0.717) is 31.6 Å². The van der Waals surface area contributed by atoms with Crippen LogP contribution in [0, 0.1) is 17.3 Å². The molecule has 3 fully saturated rings. The Morgan fingerprint density at radius 1 is 1.23 bits per heavy atom. The number of hydrogen-bond acceptors (Lipinski definition) is 8. The number of rotatable bonds is 4. The van der Waals surface area contributed by atoms with Crippen LogP contribution in [0.2, 0.25) is 0 Å². The van der Waals surface area contributed by atoms with E-state index in [4.69, 9.17) is 14.2 Å². The van der Waals surface area contributed by atoms with Gasteiger partial charge in [0, 0.05) is 12.6 Å². The summed E-state index contributed by atoms with van der Waals surface area (Å²) in [4.78, 5) is 30.8. The number of fused-ring (bicyclic) bond motifs is 1. The number of carbonyl (C=O) groups excluding carboxylic acids is 2. The predicted molar refractivity (Wildman–Crippen MR) is 142 cm³/mol. The van der Waals surface area contributed by atoms with E-state index in [-0.39, 0.29) is 18.1 Å². The van der Waals surface area contributed by atoms with Gasteiger partial charge in [0.2, 0.25) is 0 Å². The number of pyridine rings is 1. The van der Waals surface area contributed by atoms with Crippen LogP contribution in [0.3, 0.4) is 0 Å². The Hall–Kier alpha value is -2.20. The van der Waals surface area contributed by atoms with Gasteiger partial charge in [0.1, 0.15) is 17.2 Å². The van der Waals surface area contributed by atoms with Gasteiger partial charge in [-0.15, -0.1) is 0 Å². The van der Waals surface area contributed by atoms with Gasteiger partial charge in [-0.1, -0.05) is 40.2 Å². The molecule has 0 amide bonds. The Morgan fingerprint density at radius 3 is 2.56 bits per heavy atom. The third-order valence-corrected chi connectivity index (χ3v) is 9.14. The highest BCUT2D eigenvalue weighted by atomic mass is 19.1. The van der Waals surface area contributed by atoms with Gasteiger partial charge in [-0.3, -0.25) is 14.6 Å². The lowest BCUT2D eigenvalue weighted by Crippen LogP contribution is -2.48. The fraction of sp³-hybridized carbons (Fsp3) is 0.700. The van der Waals surface area contributed by atoms with Crippen molar-refractivity contribution in [3.8, 4) is 0 Å². The number of epoxide rings is 2. The van der Waals surface area contributed by atoms with Crippen LogP contribution >= 0.6 is 0 Å². The van der Waals surface area contributed by atoms with Crippen molar-refractivity contribution < 1.29 is 38.4 Å². The second kappa shape index (κ2) is 11.4. The van der Waals surface area contributed by atoms with Crippen molar-refractivity contribution in [2.45, 2.75) is 109 Å². The second-order valence-electron chi connectivity index (χ2n) is 12.2. The van der Waals surface area contributed by atoms with Gasteiger partial charge in [0.25, 0.3) is 0 Å². The summed E-state index contributed by atoms with van der Waals surface area (Å²) >= 11 is 0. The Balaban J connectivity index is 1.65. The van der Waals surface area contributed by atoms with E-state index in [1.165, 1.54) is 6.08 Å². The molecule has 4 heterocycles. The molecule has 0 saturated carbocycles. The summed E-state index contributed by atoms with van der Waals surface area (Å²) in [6.07, 6.45) is 1.04. The van der Waals surface area contributed by atoms with Gasteiger partial charge < -0.3 is 24.4 Å². The van der Waals surface area contributed by atoms with E-state index in [0.717, 1.165) is 6.42 Å². The summed E-state index contributed by atoms with van der Waals surface area (Å²) in [5, 5.41) is 22.2. The fourth-order valence-electron chi connectivity index (χ4n) is 6.03. The monoisotopic (exact) mass is 547 g/mol. The zero-order valence-corrected chi connectivity index (χ0v) is 23.6. The Bertz CT molecular complexity index is 1070. The van der Waals surface area contributed by atoms with E-state index in [9.17, 15) is 19.8 Å². The van der Waals surface area contributed by atoms with Crippen molar-refractivity contribution in [2.24, 2.45) is 17.3 Å². The van der Waals surface area contributed by atoms with Crippen molar-refractivity contribution in [1.82, 2.24) is 4.98 Å². The topological polar surface area (TPSA) is 122 Å². The van der Waals surface area contributed by atoms with Crippen LogP contribution in [0.5, 0.6) is 0 Å². The lowest BCUT2D eigenvalue weighted by molar-refractivity contribution is -0.156. The Labute approximate surface area is 229 Å². The maximum absolute atomic E-state index is 15.6. The highest BCUT2D eigenvalue weighted by Gasteiger charge is 2.65. The number of cyclic esters (lactones) is 1. The molecule has 0 spiro atoms. The fourth-order valence-corrected chi connectivity index (χ4v) is 6.03. The molecule has 3 unspecified atom stereocenters. The molecule has 4 rings (SSSR count). The van der Waals surface area contributed by atoms with Crippen molar-refractivity contribution >= 4 is 17.8 Å². The third kappa shape index (κ3) is 6.26. The molecule has 0 aromatic carbocycles. The van der Waals surface area contributed by atoms with Crippen LogP contribution in [-0.4, -0.2) is 69.2 Å². The summed E-state index contributed by atoms with van der Waals surface area (Å²) in [6, 6.07) is 5.11. The molecule has 8 nitrogen and oxygen atoms in total. The summed E-state index contributed by atoms with van der Waals surface area (Å²) < 4.78 is 33.0. The van der Waals surface area contributed by atoms with E-state index < -0.39 is 65.2 Å². The lowest BCUT2D eigenvalue weighted by atomic mass is 9.71. The van der Waals surface area contributed by atoms with Crippen molar-refractivity contribution in [1.29, 1.82) is 0 Å². The first-order chi connectivity index (χ1) is 18.3. The van der Waals surface area contributed by atoms with Crippen LogP contribution in [-0.2, 0) is 23.8 Å². The van der Waals surface area contributed by atoms with Gasteiger partial charge in [-0.25, -0.2) is 4.39 Å². The largest absolute Gasteiger partial charge is 0.455 e. The number of ether oxygens (including phenoxy) is 3.